The van der Waals surface area contributed by atoms with Crippen LogP contribution in [0.15, 0.2) is 70.9 Å². The molecule has 1 heterocycles. The second-order valence-corrected chi connectivity index (χ2v) is 7.73. The first kappa shape index (κ1) is 19.2. The lowest BCUT2D eigenvalue weighted by molar-refractivity contribution is 0.0733. The Morgan fingerprint density at radius 1 is 0.966 bits per heavy atom. The van der Waals surface area contributed by atoms with E-state index in [4.69, 9.17) is 9.47 Å². The number of hydrogen-bond acceptors (Lipinski definition) is 4. The van der Waals surface area contributed by atoms with Gasteiger partial charge in [-0.25, -0.2) is 4.79 Å². The third-order valence-electron chi connectivity index (χ3n) is 4.69. The number of carbonyl (C=O) groups excluding carboxylic acids is 2. The van der Waals surface area contributed by atoms with Crippen LogP contribution in [0.1, 0.15) is 37.4 Å². The lowest BCUT2D eigenvalue weighted by Gasteiger charge is -2.10. The number of aryl methyl sites for hydroxylation is 1. The quantitative estimate of drug-likeness (QED) is 0.284. The Hall–Kier alpha value is -3.18. The molecule has 0 amide bonds. The van der Waals surface area contributed by atoms with Gasteiger partial charge in [-0.3, -0.25) is 4.79 Å². The number of esters is 1. The van der Waals surface area contributed by atoms with E-state index in [0.717, 1.165) is 15.6 Å². The van der Waals surface area contributed by atoms with E-state index in [1.807, 2.05) is 43.3 Å². The number of rotatable bonds is 3. The summed E-state index contributed by atoms with van der Waals surface area (Å²) in [5, 5.41) is 0. The molecule has 29 heavy (non-hydrogen) atoms. The van der Waals surface area contributed by atoms with Gasteiger partial charge in [-0.2, -0.15) is 0 Å². The molecule has 0 saturated carbocycles. The zero-order chi connectivity index (χ0) is 20.5. The van der Waals surface area contributed by atoms with E-state index in [-0.39, 0.29) is 11.5 Å². The largest absolute Gasteiger partial charge is 0.452 e. The number of ketones is 1. The van der Waals surface area contributed by atoms with Gasteiger partial charge < -0.3 is 9.47 Å². The minimum atomic E-state index is -0.456. The Kier molecular flexibility index (Phi) is 5.07. The number of allylic oxidation sites excluding steroid dienone is 1. The zero-order valence-corrected chi connectivity index (χ0v) is 17.4. The van der Waals surface area contributed by atoms with E-state index in [0.29, 0.717) is 28.2 Å². The standard InChI is InChI=1S/C24H17BrO4/c1-14-3-7-17(8-4-14)24(27)29-20-12-11-19-22(26)21(28-23(19)15(20)2)13-16-5-9-18(25)10-6-16/h3-13H,1-2H3/b21-13-. The van der Waals surface area contributed by atoms with Crippen LogP contribution >= 0.6 is 15.9 Å². The highest BCUT2D eigenvalue weighted by molar-refractivity contribution is 9.10. The van der Waals surface area contributed by atoms with Gasteiger partial charge in [0, 0.05) is 10.0 Å². The Labute approximate surface area is 176 Å². The highest BCUT2D eigenvalue weighted by Crippen LogP contribution is 2.39. The molecule has 3 aromatic rings. The molecule has 1 aliphatic rings. The summed E-state index contributed by atoms with van der Waals surface area (Å²) in [5.41, 5.74) is 3.44. The van der Waals surface area contributed by atoms with E-state index in [2.05, 4.69) is 15.9 Å². The number of ether oxygens (including phenoxy) is 2. The highest BCUT2D eigenvalue weighted by Gasteiger charge is 2.30. The van der Waals surface area contributed by atoms with E-state index in [1.165, 1.54) is 0 Å². The predicted octanol–water partition coefficient (Wildman–Crippen LogP) is 5.90. The van der Waals surface area contributed by atoms with Gasteiger partial charge in [0.2, 0.25) is 5.78 Å². The van der Waals surface area contributed by atoms with E-state index in [9.17, 15) is 9.59 Å². The molecule has 0 fully saturated rings. The maximum absolute atomic E-state index is 12.7. The van der Waals surface area contributed by atoms with Gasteiger partial charge in [0.05, 0.1) is 11.1 Å². The van der Waals surface area contributed by atoms with Crippen molar-refractivity contribution in [2.75, 3.05) is 0 Å². The fourth-order valence-electron chi connectivity index (χ4n) is 3.04. The molecule has 0 N–H and O–H groups in total. The first-order valence-electron chi connectivity index (χ1n) is 9.04. The number of Topliss-reactive ketones (excluding diaryl/α,β-unsaturated/α-hetero) is 1. The van der Waals surface area contributed by atoms with Crippen molar-refractivity contribution in [1.29, 1.82) is 0 Å². The van der Waals surface area contributed by atoms with Crippen molar-refractivity contribution in [3.8, 4) is 11.5 Å². The number of benzene rings is 3. The predicted molar refractivity (Wildman–Crippen MR) is 114 cm³/mol. The van der Waals surface area contributed by atoms with Crippen LogP contribution in [0.5, 0.6) is 11.5 Å². The molecule has 0 atom stereocenters. The molecular formula is C24H17BrO4. The minimum absolute atomic E-state index is 0.192. The number of halogens is 1. The topological polar surface area (TPSA) is 52.6 Å². The SMILES string of the molecule is Cc1ccc(C(=O)Oc2ccc3c(c2C)O/C(=C\c2ccc(Br)cc2)C3=O)cc1. The number of fused-ring (bicyclic) bond motifs is 1. The van der Waals surface area contributed by atoms with Crippen LogP contribution in [0.3, 0.4) is 0 Å². The molecule has 0 aliphatic carbocycles. The summed E-state index contributed by atoms with van der Waals surface area (Å²) in [6, 6.07) is 18.0. The number of carbonyl (C=O) groups is 2. The Balaban J connectivity index is 1.60. The average molecular weight is 449 g/mol. The van der Waals surface area contributed by atoms with Crippen molar-refractivity contribution in [2.24, 2.45) is 0 Å². The van der Waals surface area contributed by atoms with Crippen LogP contribution in [0.4, 0.5) is 0 Å². The van der Waals surface area contributed by atoms with Crippen molar-refractivity contribution < 1.29 is 19.1 Å². The zero-order valence-electron chi connectivity index (χ0n) is 15.9. The fraction of sp³-hybridized carbons (Fsp3) is 0.0833. The van der Waals surface area contributed by atoms with Crippen LogP contribution in [-0.4, -0.2) is 11.8 Å². The Morgan fingerprint density at radius 3 is 2.34 bits per heavy atom. The van der Waals surface area contributed by atoms with Gasteiger partial charge in [-0.1, -0.05) is 45.8 Å². The summed E-state index contributed by atoms with van der Waals surface area (Å²) in [4.78, 5) is 25.1. The van der Waals surface area contributed by atoms with Gasteiger partial charge in [0.25, 0.3) is 0 Å². The molecule has 0 spiro atoms. The fourth-order valence-corrected chi connectivity index (χ4v) is 3.30. The maximum Gasteiger partial charge on any atom is 0.343 e. The molecular weight excluding hydrogens is 432 g/mol. The first-order valence-corrected chi connectivity index (χ1v) is 9.84. The molecule has 0 aromatic heterocycles. The van der Waals surface area contributed by atoms with Gasteiger partial charge in [-0.05, 0) is 61.9 Å². The van der Waals surface area contributed by atoms with Crippen molar-refractivity contribution in [3.63, 3.8) is 0 Å². The average Bonchev–Trinajstić information content (AvgIpc) is 3.03. The smallest absolute Gasteiger partial charge is 0.343 e. The maximum atomic E-state index is 12.7. The molecule has 3 aromatic carbocycles. The summed E-state index contributed by atoms with van der Waals surface area (Å²) in [7, 11) is 0. The molecule has 0 radical (unpaired) electrons. The first-order chi connectivity index (χ1) is 13.9. The monoisotopic (exact) mass is 448 g/mol. The Bertz CT molecular complexity index is 1140. The summed E-state index contributed by atoms with van der Waals surface area (Å²) in [5.74, 6) is 0.387. The molecule has 5 heteroatoms. The normalized spacial score (nSPS) is 13.9. The van der Waals surface area contributed by atoms with Crippen LogP contribution in [0.25, 0.3) is 6.08 Å². The third kappa shape index (κ3) is 3.87. The third-order valence-corrected chi connectivity index (χ3v) is 5.22. The van der Waals surface area contributed by atoms with Crippen molar-refractivity contribution in [3.05, 3.63) is 98.7 Å². The molecule has 0 unspecified atom stereocenters. The summed E-state index contributed by atoms with van der Waals surface area (Å²) in [6.45, 7) is 3.72. The van der Waals surface area contributed by atoms with Crippen LogP contribution in [0.2, 0.25) is 0 Å². The molecule has 0 bridgehead atoms. The van der Waals surface area contributed by atoms with E-state index in [1.54, 1.807) is 37.3 Å². The van der Waals surface area contributed by atoms with Crippen LogP contribution in [-0.2, 0) is 0 Å². The summed E-state index contributed by atoms with van der Waals surface area (Å²) >= 11 is 3.39. The second-order valence-electron chi connectivity index (χ2n) is 6.81. The Morgan fingerprint density at radius 2 is 1.66 bits per heavy atom. The lowest BCUT2D eigenvalue weighted by atomic mass is 10.1. The van der Waals surface area contributed by atoms with Crippen molar-refractivity contribution >= 4 is 33.8 Å². The van der Waals surface area contributed by atoms with E-state index >= 15 is 0 Å². The second kappa shape index (κ2) is 7.68. The number of hydrogen-bond donors (Lipinski definition) is 0. The minimum Gasteiger partial charge on any atom is -0.452 e. The molecule has 4 nitrogen and oxygen atoms in total. The van der Waals surface area contributed by atoms with Crippen LogP contribution < -0.4 is 9.47 Å². The lowest BCUT2D eigenvalue weighted by Crippen LogP contribution is -2.09. The van der Waals surface area contributed by atoms with E-state index < -0.39 is 5.97 Å². The van der Waals surface area contributed by atoms with Gasteiger partial charge >= 0.3 is 5.97 Å². The summed E-state index contributed by atoms with van der Waals surface area (Å²) in [6.07, 6.45) is 1.70. The molecule has 1 aliphatic heterocycles. The van der Waals surface area contributed by atoms with Gasteiger partial charge in [-0.15, -0.1) is 0 Å². The van der Waals surface area contributed by atoms with Crippen LogP contribution in [0, 0.1) is 13.8 Å². The molecule has 4 rings (SSSR count). The van der Waals surface area contributed by atoms with Crippen molar-refractivity contribution in [1.82, 2.24) is 0 Å². The molecule has 144 valence electrons. The highest BCUT2D eigenvalue weighted by atomic mass is 79.9. The summed E-state index contributed by atoms with van der Waals surface area (Å²) < 4.78 is 12.3. The van der Waals surface area contributed by atoms with Crippen molar-refractivity contribution in [2.45, 2.75) is 13.8 Å². The van der Waals surface area contributed by atoms with Gasteiger partial charge in [0.1, 0.15) is 11.5 Å². The van der Waals surface area contributed by atoms with Gasteiger partial charge in [0.15, 0.2) is 5.76 Å². The molecule has 0 saturated heterocycles.